The highest BCUT2D eigenvalue weighted by Crippen LogP contribution is 2.27. The molecule has 1 aromatic heterocycles. The minimum atomic E-state index is -0.183. The van der Waals surface area contributed by atoms with E-state index in [0.29, 0.717) is 31.5 Å². The molecule has 150 valence electrons. The number of aromatic nitrogens is 2. The highest BCUT2D eigenvalue weighted by molar-refractivity contribution is 5.95. The van der Waals surface area contributed by atoms with Crippen molar-refractivity contribution >= 4 is 11.9 Å². The van der Waals surface area contributed by atoms with Crippen molar-refractivity contribution in [2.45, 2.75) is 52.1 Å². The van der Waals surface area contributed by atoms with E-state index in [1.807, 2.05) is 40.9 Å². The molecule has 0 N–H and O–H groups in total. The number of carbonyl (C=O) groups is 2. The van der Waals surface area contributed by atoms with Crippen molar-refractivity contribution in [3.63, 3.8) is 0 Å². The van der Waals surface area contributed by atoms with E-state index in [9.17, 15) is 9.59 Å². The predicted molar refractivity (Wildman–Crippen MR) is 107 cm³/mol. The Morgan fingerprint density at radius 1 is 1.25 bits per heavy atom. The average Bonchev–Trinajstić information content (AvgIpc) is 3.11. The molecule has 0 spiro atoms. The quantitative estimate of drug-likeness (QED) is 0.742. The van der Waals surface area contributed by atoms with E-state index in [-0.39, 0.29) is 29.8 Å². The highest BCUT2D eigenvalue weighted by atomic mass is 16.5. The SMILES string of the molecule is COC(=O)[C@@H]1CCN(C(=O)c2cn(Cc3ccccc3)nc2C(C)C)[C@H](C)C1. The topological polar surface area (TPSA) is 64.4 Å². The molecule has 0 aliphatic carbocycles. The summed E-state index contributed by atoms with van der Waals surface area (Å²) in [5.41, 5.74) is 2.63. The highest BCUT2D eigenvalue weighted by Gasteiger charge is 2.34. The van der Waals surface area contributed by atoms with Gasteiger partial charge >= 0.3 is 5.97 Å². The number of ether oxygens (including phenoxy) is 1. The Labute approximate surface area is 166 Å². The molecule has 2 heterocycles. The second-order valence-electron chi connectivity index (χ2n) is 7.86. The lowest BCUT2D eigenvalue weighted by atomic mass is 9.91. The lowest BCUT2D eigenvalue weighted by Gasteiger charge is -2.36. The van der Waals surface area contributed by atoms with Gasteiger partial charge in [-0.05, 0) is 31.2 Å². The van der Waals surface area contributed by atoms with Gasteiger partial charge in [0.15, 0.2) is 0 Å². The second-order valence-corrected chi connectivity index (χ2v) is 7.86. The molecule has 2 aromatic rings. The van der Waals surface area contributed by atoms with Gasteiger partial charge in [-0.15, -0.1) is 0 Å². The summed E-state index contributed by atoms with van der Waals surface area (Å²) in [6.07, 6.45) is 3.13. The van der Waals surface area contributed by atoms with Crippen LogP contribution in [0.5, 0.6) is 0 Å². The third kappa shape index (κ3) is 4.26. The zero-order valence-electron chi connectivity index (χ0n) is 17.1. The van der Waals surface area contributed by atoms with E-state index >= 15 is 0 Å². The summed E-state index contributed by atoms with van der Waals surface area (Å²) in [5, 5.41) is 4.70. The fourth-order valence-electron chi connectivity index (χ4n) is 3.89. The van der Waals surface area contributed by atoms with Crippen LogP contribution in [0.25, 0.3) is 0 Å². The molecule has 6 nitrogen and oxygen atoms in total. The van der Waals surface area contributed by atoms with E-state index < -0.39 is 0 Å². The summed E-state index contributed by atoms with van der Waals surface area (Å²) in [7, 11) is 1.42. The zero-order valence-corrected chi connectivity index (χ0v) is 17.1. The standard InChI is InChI=1S/C22H29N3O3/c1-15(2)20-19(14-24(23-20)13-17-8-6-5-7-9-17)21(26)25-11-10-18(12-16(25)3)22(27)28-4/h5-9,14-16,18H,10-13H2,1-4H3/t16-,18-/m1/s1. The molecule has 1 saturated heterocycles. The number of hydrogen-bond donors (Lipinski definition) is 0. The Morgan fingerprint density at radius 2 is 1.96 bits per heavy atom. The summed E-state index contributed by atoms with van der Waals surface area (Å²) in [4.78, 5) is 27.0. The van der Waals surface area contributed by atoms with Crippen LogP contribution in [0.3, 0.4) is 0 Å². The van der Waals surface area contributed by atoms with Crippen LogP contribution in [0.4, 0.5) is 0 Å². The molecular formula is C22H29N3O3. The van der Waals surface area contributed by atoms with Crippen LogP contribution in [-0.4, -0.2) is 46.3 Å². The van der Waals surface area contributed by atoms with Gasteiger partial charge in [0, 0.05) is 18.8 Å². The largest absolute Gasteiger partial charge is 0.469 e. The summed E-state index contributed by atoms with van der Waals surface area (Å²) >= 11 is 0. The monoisotopic (exact) mass is 383 g/mol. The number of likely N-dealkylation sites (tertiary alicyclic amines) is 1. The van der Waals surface area contributed by atoms with E-state index in [1.54, 1.807) is 0 Å². The van der Waals surface area contributed by atoms with Crippen molar-refractivity contribution in [3.05, 3.63) is 53.3 Å². The Hall–Kier alpha value is -2.63. The molecule has 3 rings (SSSR count). The van der Waals surface area contributed by atoms with E-state index in [1.165, 1.54) is 7.11 Å². The first-order chi connectivity index (χ1) is 13.4. The molecule has 1 aromatic carbocycles. The molecule has 0 bridgehead atoms. The van der Waals surface area contributed by atoms with Gasteiger partial charge < -0.3 is 9.64 Å². The average molecular weight is 383 g/mol. The van der Waals surface area contributed by atoms with Gasteiger partial charge in [-0.3, -0.25) is 14.3 Å². The number of carbonyl (C=O) groups excluding carboxylic acids is 2. The number of piperidine rings is 1. The summed E-state index contributed by atoms with van der Waals surface area (Å²) in [5.74, 6) is -0.162. The molecule has 0 unspecified atom stereocenters. The summed E-state index contributed by atoms with van der Waals surface area (Å²) in [6, 6.07) is 10.1. The van der Waals surface area contributed by atoms with Crippen LogP contribution >= 0.6 is 0 Å². The van der Waals surface area contributed by atoms with Crippen molar-refractivity contribution in [2.24, 2.45) is 5.92 Å². The number of methoxy groups -OCH3 is 1. The number of nitrogens with zero attached hydrogens (tertiary/aromatic N) is 3. The van der Waals surface area contributed by atoms with Crippen LogP contribution in [0.15, 0.2) is 36.5 Å². The first-order valence-electron chi connectivity index (χ1n) is 9.90. The predicted octanol–water partition coefficient (Wildman–Crippen LogP) is 3.47. The Bertz CT molecular complexity index is 829. The maximum absolute atomic E-state index is 13.3. The number of benzene rings is 1. The smallest absolute Gasteiger partial charge is 0.308 e. The van der Waals surface area contributed by atoms with Gasteiger partial charge in [0.05, 0.1) is 30.8 Å². The van der Waals surface area contributed by atoms with Crippen LogP contribution in [-0.2, 0) is 16.1 Å². The minimum absolute atomic E-state index is 0.00109. The summed E-state index contributed by atoms with van der Waals surface area (Å²) in [6.45, 7) is 7.29. The fraction of sp³-hybridized carbons (Fsp3) is 0.500. The van der Waals surface area contributed by atoms with Gasteiger partial charge in [0.25, 0.3) is 5.91 Å². The van der Waals surface area contributed by atoms with Crippen LogP contribution in [0, 0.1) is 5.92 Å². The fourth-order valence-corrected chi connectivity index (χ4v) is 3.89. The van der Waals surface area contributed by atoms with Crippen LogP contribution < -0.4 is 0 Å². The number of hydrogen-bond acceptors (Lipinski definition) is 4. The molecule has 28 heavy (non-hydrogen) atoms. The normalized spacial score (nSPS) is 19.7. The van der Waals surface area contributed by atoms with Crippen molar-refractivity contribution in [1.82, 2.24) is 14.7 Å². The van der Waals surface area contributed by atoms with Gasteiger partial charge in [-0.1, -0.05) is 44.2 Å². The van der Waals surface area contributed by atoms with Gasteiger partial charge in [-0.2, -0.15) is 5.10 Å². The Balaban J connectivity index is 1.80. The summed E-state index contributed by atoms with van der Waals surface area (Å²) < 4.78 is 6.72. The molecule has 0 radical (unpaired) electrons. The number of amides is 1. The second kappa shape index (κ2) is 8.59. The Kier molecular flexibility index (Phi) is 6.17. The molecule has 1 aliphatic heterocycles. The van der Waals surface area contributed by atoms with Crippen molar-refractivity contribution in [2.75, 3.05) is 13.7 Å². The minimum Gasteiger partial charge on any atom is -0.469 e. The molecule has 2 atom stereocenters. The van der Waals surface area contributed by atoms with Crippen LogP contribution in [0.2, 0.25) is 0 Å². The molecule has 1 amide bonds. The van der Waals surface area contributed by atoms with E-state index in [0.717, 1.165) is 11.3 Å². The van der Waals surface area contributed by atoms with Crippen molar-refractivity contribution in [1.29, 1.82) is 0 Å². The van der Waals surface area contributed by atoms with Gasteiger partial charge in [0.2, 0.25) is 0 Å². The van der Waals surface area contributed by atoms with Crippen molar-refractivity contribution in [3.8, 4) is 0 Å². The number of rotatable bonds is 5. The maximum Gasteiger partial charge on any atom is 0.308 e. The Morgan fingerprint density at radius 3 is 2.57 bits per heavy atom. The molecule has 0 saturated carbocycles. The zero-order chi connectivity index (χ0) is 20.3. The van der Waals surface area contributed by atoms with Crippen LogP contribution in [0.1, 0.15) is 61.1 Å². The van der Waals surface area contributed by atoms with E-state index in [4.69, 9.17) is 9.84 Å². The molecule has 1 aliphatic rings. The lowest BCUT2D eigenvalue weighted by Crippen LogP contribution is -2.46. The molecule has 6 heteroatoms. The third-order valence-corrected chi connectivity index (χ3v) is 5.43. The first kappa shape index (κ1) is 20.1. The first-order valence-corrected chi connectivity index (χ1v) is 9.90. The van der Waals surface area contributed by atoms with Gasteiger partial charge in [0.1, 0.15) is 0 Å². The van der Waals surface area contributed by atoms with Crippen molar-refractivity contribution < 1.29 is 14.3 Å². The molecular weight excluding hydrogens is 354 g/mol. The third-order valence-electron chi connectivity index (χ3n) is 5.43. The lowest BCUT2D eigenvalue weighted by molar-refractivity contribution is -0.147. The maximum atomic E-state index is 13.3. The van der Waals surface area contributed by atoms with Gasteiger partial charge in [-0.25, -0.2) is 0 Å². The molecule has 1 fully saturated rings. The van der Waals surface area contributed by atoms with E-state index in [2.05, 4.69) is 26.0 Å². The number of esters is 1.